The molecule has 3 aromatic carbocycles. The fourth-order valence-electron chi connectivity index (χ4n) is 3.24. The SMILES string of the molecule is O=C(CSc1c(-c2ccccc2)[nH]c2ccccc12)Nc1ccccc1C(F)(F)F. The van der Waals surface area contributed by atoms with E-state index in [0.29, 0.717) is 0 Å². The van der Waals surface area contributed by atoms with Crippen molar-refractivity contribution in [1.82, 2.24) is 4.98 Å². The number of aromatic amines is 1. The van der Waals surface area contributed by atoms with Crippen molar-refractivity contribution in [1.29, 1.82) is 0 Å². The molecule has 0 saturated carbocycles. The van der Waals surface area contributed by atoms with Crippen molar-refractivity contribution >= 4 is 34.3 Å². The maximum atomic E-state index is 13.2. The summed E-state index contributed by atoms with van der Waals surface area (Å²) in [6.45, 7) is 0. The number of carbonyl (C=O) groups is 1. The Bertz CT molecular complexity index is 1190. The molecule has 0 unspecified atom stereocenters. The highest BCUT2D eigenvalue weighted by molar-refractivity contribution is 8.00. The topological polar surface area (TPSA) is 44.9 Å². The van der Waals surface area contributed by atoms with Crippen LogP contribution in [0.25, 0.3) is 22.2 Å². The van der Waals surface area contributed by atoms with E-state index in [1.807, 2.05) is 54.6 Å². The molecule has 1 heterocycles. The fraction of sp³-hybridized carbons (Fsp3) is 0.0870. The van der Waals surface area contributed by atoms with Crippen LogP contribution in [0.15, 0.2) is 83.8 Å². The highest BCUT2D eigenvalue weighted by atomic mass is 32.2. The molecule has 4 aromatic rings. The van der Waals surface area contributed by atoms with Gasteiger partial charge in [-0.2, -0.15) is 13.2 Å². The van der Waals surface area contributed by atoms with Gasteiger partial charge in [0.1, 0.15) is 0 Å². The number of thioether (sulfide) groups is 1. The van der Waals surface area contributed by atoms with Crippen molar-refractivity contribution < 1.29 is 18.0 Å². The number of fused-ring (bicyclic) bond motifs is 1. The lowest BCUT2D eigenvalue weighted by atomic mass is 10.1. The average Bonchev–Trinajstić information content (AvgIpc) is 3.11. The molecule has 0 spiro atoms. The Morgan fingerprint density at radius 1 is 0.900 bits per heavy atom. The summed E-state index contributed by atoms with van der Waals surface area (Å²) < 4.78 is 39.5. The molecule has 152 valence electrons. The number of H-pyrrole nitrogens is 1. The van der Waals surface area contributed by atoms with Gasteiger partial charge in [0.2, 0.25) is 5.91 Å². The molecule has 0 fully saturated rings. The molecular weight excluding hydrogens is 409 g/mol. The Hall–Kier alpha value is -3.19. The van der Waals surface area contributed by atoms with Gasteiger partial charge in [0.15, 0.2) is 0 Å². The molecule has 0 aliphatic heterocycles. The largest absolute Gasteiger partial charge is 0.418 e. The number of benzene rings is 3. The Morgan fingerprint density at radius 2 is 1.57 bits per heavy atom. The first-order chi connectivity index (χ1) is 14.4. The van der Waals surface area contributed by atoms with E-state index in [0.717, 1.165) is 33.1 Å². The number of rotatable bonds is 5. The zero-order valence-corrected chi connectivity index (χ0v) is 16.5. The number of hydrogen-bond donors (Lipinski definition) is 2. The molecule has 4 rings (SSSR count). The van der Waals surface area contributed by atoms with Crippen molar-refractivity contribution in [2.45, 2.75) is 11.1 Å². The van der Waals surface area contributed by atoms with Gasteiger partial charge in [-0.3, -0.25) is 4.79 Å². The van der Waals surface area contributed by atoms with Crippen LogP contribution in [-0.4, -0.2) is 16.6 Å². The first kappa shape index (κ1) is 20.1. The Balaban J connectivity index is 1.58. The highest BCUT2D eigenvalue weighted by Crippen LogP contribution is 2.38. The maximum Gasteiger partial charge on any atom is 0.418 e. The molecule has 1 aromatic heterocycles. The van der Waals surface area contributed by atoms with E-state index < -0.39 is 17.6 Å². The predicted octanol–water partition coefficient (Wildman–Crippen LogP) is 6.58. The standard InChI is InChI=1S/C23H17F3N2OS/c24-23(25,26)17-11-5-7-13-19(17)27-20(29)14-30-22-16-10-4-6-12-18(16)28-21(22)15-8-2-1-3-9-15/h1-13,28H,14H2,(H,27,29). The molecule has 0 atom stereocenters. The number of aromatic nitrogens is 1. The minimum absolute atomic E-state index is 0.0200. The summed E-state index contributed by atoms with van der Waals surface area (Å²) in [5.41, 5.74) is 1.68. The number of para-hydroxylation sites is 2. The summed E-state index contributed by atoms with van der Waals surface area (Å²) in [5.74, 6) is -0.519. The third kappa shape index (κ3) is 4.21. The second-order valence-corrected chi connectivity index (χ2v) is 7.61. The normalized spacial score (nSPS) is 11.6. The number of amides is 1. The number of halogens is 3. The second kappa shape index (κ2) is 8.28. The van der Waals surface area contributed by atoms with E-state index in [-0.39, 0.29) is 11.4 Å². The summed E-state index contributed by atoms with van der Waals surface area (Å²) in [5, 5.41) is 3.36. The monoisotopic (exact) mass is 426 g/mol. The quantitative estimate of drug-likeness (QED) is 0.354. The lowest BCUT2D eigenvalue weighted by Gasteiger charge is -2.13. The molecule has 0 saturated heterocycles. The van der Waals surface area contributed by atoms with Crippen LogP contribution in [-0.2, 0) is 11.0 Å². The average molecular weight is 426 g/mol. The van der Waals surface area contributed by atoms with Crippen LogP contribution in [0.3, 0.4) is 0 Å². The molecule has 2 N–H and O–H groups in total. The summed E-state index contributed by atoms with van der Waals surface area (Å²) in [6.07, 6.45) is -4.53. The molecule has 30 heavy (non-hydrogen) atoms. The smallest absolute Gasteiger partial charge is 0.354 e. The lowest BCUT2D eigenvalue weighted by Crippen LogP contribution is -2.18. The van der Waals surface area contributed by atoms with Crippen molar-refractivity contribution in [2.24, 2.45) is 0 Å². The van der Waals surface area contributed by atoms with Gasteiger partial charge in [0, 0.05) is 15.8 Å². The van der Waals surface area contributed by atoms with Gasteiger partial charge in [-0.15, -0.1) is 11.8 Å². The van der Waals surface area contributed by atoms with Gasteiger partial charge >= 0.3 is 6.18 Å². The van der Waals surface area contributed by atoms with Crippen LogP contribution in [0.2, 0.25) is 0 Å². The van der Waals surface area contributed by atoms with E-state index >= 15 is 0 Å². The second-order valence-electron chi connectivity index (χ2n) is 6.62. The Morgan fingerprint density at radius 3 is 2.33 bits per heavy atom. The van der Waals surface area contributed by atoms with Crippen LogP contribution < -0.4 is 5.32 Å². The predicted molar refractivity (Wildman–Crippen MR) is 115 cm³/mol. The number of nitrogens with one attached hydrogen (secondary N) is 2. The molecular formula is C23H17F3N2OS. The minimum atomic E-state index is -4.53. The summed E-state index contributed by atoms with van der Waals surface area (Å²) in [4.78, 5) is 16.7. The first-order valence-corrected chi connectivity index (χ1v) is 10.2. The zero-order chi connectivity index (χ0) is 21.1. The van der Waals surface area contributed by atoms with Gasteiger partial charge in [-0.25, -0.2) is 0 Å². The van der Waals surface area contributed by atoms with E-state index in [9.17, 15) is 18.0 Å². The van der Waals surface area contributed by atoms with Gasteiger partial charge in [-0.05, 0) is 23.8 Å². The van der Waals surface area contributed by atoms with Gasteiger partial charge in [-0.1, -0.05) is 60.7 Å². The molecule has 0 aliphatic carbocycles. The lowest BCUT2D eigenvalue weighted by molar-refractivity contribution is -0.137. The van der Waals surface area contributed by atoms with E-state index in [2.05, 4.69) is 10.3 Å². The van der Waals surface area contributed by atoms with Crippen LogP contribution in [0, 0.1) is 0 Å². The highest BCUT2D eigenvalue weighted by Gasteiger charge is 2.33. The molecule has 7 heteroatoms. The van der Waals surface area contributed by atoms with Gasteiger partial charge in [0.05, 0.1) is 22.7 Å². The van der Waals surface area contributed by atoms with Gasteiger partial charge < -0.3 is 10.3 Å². The van der Waals surface area contributed by atoms with E-state index in [1.54, 1.807) is 0 Å². The molecule has 0 bridgehead atoms. The first-order valence-electron chi connectivity index (χ1n) is 9.18. The number of carbonyl (C=O) groups excluding carboxylic acids is 1. The van der Waals surface area contributed by atoms with Crippen molar-refractivity contribution in [2.75, 3.05) is 11.1 Å². The van der Waals surface area contributed by atoms with E-state index in [4.69, 9.17) is 0 Å². The third-order valence-corrected chi connectivity index (χ3v) is 5.69. The maximum absolute atomic E-state index is 13.2. The third-order valence-electron chi connectivity index (χ3n) is 4.58. The summed E-state index contributed by atoms with van der Waals surface area (Å²) in [6, 6.07) is 22.4. The van der Waals surface area contributed by atoms with Crippen LogP contribution in [0.5, 0.6) is 0 Å². The summed E-state index contributed by atoms with van der Waals surface area (Å²) in [7, 11) is 0. The van der Waals surface area contributed by atoms with Gasteiger partial charge in [0.25, 0.3) is 0 Å². The van der Waals surface area contributed by atoms with Crippen molar-refractivity contribution in [3.05, 3.63) is 84.4 Å². The molecule has 0 radical (unpaired) electrons. The number of alkyl halides is 3. The molecule has 3 nitrogen and oxygen atoms in total. The van der Waals surface area contributed by atoms with Crippen LogP contribution in [0.1, 0.15) is 5.56 Å². The molecule has 1 amide bonds. The summed E-state index contributed by atoms with van der Waals surface area (Å²) >= 11 is 1.29. The van der Waals surface area contributed by atoms with Crippen molar-refractivity contribution in [3.8, 4) is 11.3 Å². The number of anilines is 1. The van der Waals surface area contributed by atoms with Crippen LogP contribution in [0.4, 0.5) is 18.9 Å². The number of hydrogen-bond acceptors (Lipinski definition) is 2. The molecule has 0 aliphatic rings. The zero-order valence-electron chi connectivity index (χ0n) is 15.7. The Labute approximate surface area is 175 Å². The van der Waals surface area contributed by atoms with Crippen molar-refractivity contribution in [3.63, 3.8) is 0 Å². The fourth-order valence-corrected chi connectivity index (χ4v) is 4.23. The van der Waals surface area contributed by atoms with Crippen LogP contribution >= 0.6 is 11.8 Å². The Kier molecular flexibility index (Phi) is 5.55. The van der Waals surface area contributed by atoms with E-state index in [1.165, 1.54) is 30.0 Å². The minimum Gasteiger partial charge on any atom is -0.354 e.